The fourth-order valence-corrected chi connectivity index (χ4v) is 3.47. The normalized spacial score (nSPS) is 20.1. The molecule has 138 valence electrons. The van der Waals surface area contributed by atoms with Crippen molar-refractivity contribution in [2.45, 2.75) is 51.0 Å². The summed E-state index contributed by atoms with van der Waals surface area (Å²) in [4.78, 5) is 16.4. The van der Waals surface area contributed by atoms with Gasteiger partial charge in [-0.1, -0.05) is 25.9 Å². The van der Waals surface area contributed by atoms with Gasteiger partial charge >= 0.3 is 0 Å². The molecule has 0 aliphatic heterocycles. The zero-order chi connectivity index (χ0) is 18.6. The van der Waals surface area contributed by atoms with Gasteiger partial charge in [-0.2, -0.15) is 10.1 Å². The highest BCUT2D eigenvalue weighted by molar-refractivity contribution is 5.89. The minimum atomic E-state index is -0.0944. The average molecular weight is 363 g/mol. The summed E-state index contributed by atoms with van der Waals surface area (Å²) in [6, 6.07) is 2.33. The molecule has 0 unspecified atom stereocenters. The molecule has 1 aliphatic rings. The van der Waals surface area contributed by atoms with Gasteiger partial charge in [0.1, 0.15) is 12.0 Å². The molecule has 0 aromatic carbocycles. The van der Waals surface area contributed by atoms with Crippen molar-refractivity contribution >= 4 is 11.0 Å². The minimum Gasteiger partial charge on any atom is -0.346 e. The van der Waals surface area contributed by atoms with Crippen LogP contribution in [0.5, 0.6) is 0 Å². The Hall–Kier alpha value is -3.03. The Morgan fingerprint density at radius 2 is 2.07 bits per heavy atom. The van der Waals surface area contributed by atoms with Gasteiger partial charge in [-0.15, -0.1) is 0 Å². The van der Waals surface area contributed by atoms with Gasteiger partial charge in [0.05, 0.1) is 17.9 Å². The number of H-pyrrole nitrogens is 1. The SMILES string of the molecule is CC(C)(C)c1noc(C2CC(n3cc(-c4ncnc5[nH]ccc45)cn3)C2)n1. The first-order chi connectivity index (χ1) is 13.0. The molecule has 0 spiro atoms. The van der Waals surface area contributed by atoms with Crippen LogP contribution in [0.15, 0.2) is 35.5 Å². The highest BCUT2D eigenvalue weighted by Crippen LogP contribution is 2.44. The number of hydrogen-bond donors (Lipinski definition) is 1. The fourth-order valence-electron chi connectivity index (χ4n) is 3.47. The van der Waals surface area contributed by atoms with E-state index < -0.39 is 0 Å². The Morgan fingerprint density at radius 1 is 1.22 bits per heavy atom. The summed E-state index contributed by atoms with van der Waals surface area (Å²) in [5.41, 5.74) is 2.64. The third kappa shape index (κ3) is 2.72. The third-order valence-corrected chi connectivity index (χ3v) is 5.18. The summed E-state index contributed by atoms with van der Waals surface area (Å²) in [7, 11) is 0. The van der Waals surface area contributed by atoms with E-state index in [-0.39, 0.29) is 5.41 Å². The van der Waals surface area contributed by atoms with Crippen LogP contribution in [0.1, 0.15) is 57.3 Å². The molecule has 0 radical (unpaired) electrons. The molecule has 0 atom stereocenters. The highest BCUT2D eigenvalue weighted by atomic mass is 16.5. The largest absolute Gasteiger partial charge is 0.346 e. The van der Waals surface area contributed by atoms with Crippen LogP contribution in [0.25, 0.3) is 22.3 Å². The molecule has 8 nitrogen and oxygen atoms in total. The standard InChI is InChI=1S/C19H21N7O/c1-19(2,3)18-24-17(27-25-18)11-6-13(7-11)26-9-12(8-23-26)15-14-4-5-20-16(14)22-10-21-15/h4-5,8-11,13H,6-7H2,1-3H3,(H,20,21,22). The summed E-state index contributed by atoms with van der Waals surface area (Å²) in [6.07, 6.45) is 9.29. The van der Waals surface area contributed by atoms with Crippen LogP contribution in [0.2, 0.25) is 0 Å². The summed E-state index contributed by atoms with van der Waals surface area (Å²) in [6.45, 7) is 6.27. The molecule has 8 heteroatoms. The lowest BCUT2D eigenvalue weighted by Crippen LogP contribution is -2.26. The van der Waals surface area contributed by atoms with Crippen molar-refractivity contribution in [1.82, 2.24) is 34.9 Å². The second kappa shape index (κ2) is 5.73. The molecule has 1 fully saturated rings. The van der Waals surface area contributed by atoms with Gasteiger partial charge in [-0.05, 0) is 18.9 Å². The second-order valence-corrected chi connectivity index (χ2v) is 8.20. The van der Waals surface area contributed by atoms with Crippen molar-refractivity contribution in [3.8, 4) is 11.3 Å². The molecule has 1 aliphatic carbocycles. The number of rotatable bonds is 3. The second-order valence-electron chi connectivity index (χ2n) is 8.20. The predicted octanol–water partition coefficient (Wildman–Crippen LogP) is 3.62. The average Bonchev–Trinajstić information content (AvgIpc) is 3.33. The van der Waals surface area contributed by atoms with E-state index in [1.807, 2.05) is 23.1 Å². The maximum atomic E-state index is 5.48. The molecule has 27 heavy (non-hydrogen) atoms. The monoisotopic (exact) mass is 363 g/mol. The topological polar surface area (TPSA) is 98.3 Å². The van der Waals surface area contributed by atoms with Crippen molar-refractivity contribution in [1.29, 1.82) is 0 Å². The van der Waals surface area contributed by atoms with E-state index in [1.165, 1.54) is 0 Å². The van der Waals surface area contributed by atoms with Crippen LogP contribution < -0.4 is 0 Å². The minimum absolute atomic E-state index is 0.0944. The van der Waals surface area contributed by atoms with Gasteiger partial charge in [-0.3, -0.25) is 4.68 Å². The van der Waals surface area contributed by atoms with Gasteiger partial charge in [0, 0.05) is 34.7 Å². The third-order valence-electron chi connectivity index (χ3n) is 5.18. The Labute approximate surface area is 156 Å². The van der Waals surface area contributed by atoms with Crippen molar-refractivity contribution in [3.63, 3.8) is 0 Å². The molecule has 0 saturated heterocycles. The Kier molecular flexibility index (Phi) is 3.43. The van der Waals surface area contributed by atoms with Crippen molar-refractivity contribution in [2.75, 3.05) is 0 Å². The molecule has 4 aromatic rings. The first-order valence-electron chi connectivity index (χ1n) is 9.16. The number of nitrogens with one attached hydrogen (secondary N) is 1. The number of aromatic nitrogens is 7. The van der Waals surface area contributed by atoms with Crippen molar-refractivity contribution in [2.24, 2.45) is 0 Å². The van der Waals surface area contributed by atoms with Crippen molar-refractivity contribution in [3.05, 3.63) is 42.7 Å². The Morgan fingerprint density at radius 3 is 2.85 bits per heavy atom. The molecule has 4 aromatic heterocycles. The lowest BCUT2D eigenvalue weighted by atomic mass is 9.80. The summed E-state index contributed by atoms with van der Waals surface area (Å²) >= 11 is 0. The van der Waals surface area contributed by atoms with Crippen LogP contribution in [-0.2, 0) is 5.41 Å². The molecule has 0 bridgehead atoms. The number of hydrogen-bond acceptors (Lipinski definition) is 6. The van der Waals surface area contributed by atoms with Crippen LogP contribution in [0, 0.1) is 0 Å². The molecule has 4 heterocycles. The summed E-state index contributed by atoms with van der Waals surface area (Å²) < 4.78 is 7.50. The van der Waals surface area contributed by atoms with Gasteiger partial charge in [0.15, 0.2) is 5.82 Å². The van der Waals surface area contributed by atoms with E-state index in [1.54, 1.807) is 6.33 Å². The van der Waals surface area contributed by atoms with Gasteiger partial charge in [0.2, 0.25) is 5.89 Å². The molecule has 1 N–H and O–H groups in total. The van der Waals surface area contributed by atoms with E-state index in [0.29, 0.717) is 12.0 Å². The fraction of sp³-hybridized carbons (Fsp3) is 0.421. The zero-order valence-corrected chi connectivity index (χ0v) is 15.5. The Bertz CT molecular complexity index is 1090. The lowest BCUT2D eigenvalue weighted by molar-refractivity contribution is 0.202. The molecule has 1 saturated carbocycles. The quantitative estimate of drug-likeness (QED) is 0.597. The van der Waals surface area contributed by atoms with E-state index in [0.717, 1.165) is 46.8 Å². The van der Waals surface area contributed by atoms with Crippen LogP contribution >= 0.6 is 0 Å². The lowest BCUT2D eigenvalue weighted by Gasteiger charge is -2.32. The summed E-state index contributed by atoms with van der Waals surface area (Å²) in [5.74, 6) is 1.82. The highest BCUT2D eigenvalue weighted by Gasteiger charge is 2.37. The van der Waals surface area contributed by atoms with Crippen LogP contribution in [-0.4, -0.2) is 34.9 Å². The maximum Gasteiger partial charge on any atom is 0.229 e. The molecular formula is C19H21N7O. The first-order valence-corrected chi connectivity index (χ1v) is 9.16. The van der Waals surface area contributed by atoms with E-state index in [9.17, 15) is 0 Å². The number of fused-ring (bicyclic) bond motifs is 1. The predicted molar refractivity (Wildman–Crippen MR) is 99.1 cm³/mol. The summed E-state index contributed by atoms with van der Waals surface area (Å²) in [5, 5.41) is 9.69. The molecular weight excluding hydrogens is 342 g/mol. The van der Waals surface area contributed by atoms with Crippen molar-refractivity contribution < 1.29 is 4.52 Å². The maximum absolute atomic E-state index is 5.48. The van der Waals surface area contributed by atoms with Gasteiger partial charge < -0.3 is 9.51 Å². The van der Waals surface area contributed by atoms with Crippen LogP contribution in [0.3, 0.4) is 0 Å². The molecule has 0 amide bonds. The van der Waals surface area contributed by atoms with E-state index in [4.69, 9.17) is 4.52 Å². The number of nitrogens with zero attached hydrogens (tertiary/aromatic N) is 6. The first kappa shape index (κ1) is 16.2. The van der Waals surface area contributed by atoms with Gasteiger partial charge in [-0.25, -0.2) is 9.97 Å². The zero-order valence-electron chi connectivity index (χ0n) is 15.5. The smallest absolute Gasteiger partial charge is 0.229 e. The number of aromatic amines is 1. The van der Waals surface area contributed by atoms with Gasteiger partial charge in [0.25, 0.3) is 0 Å². The van der Waals surface area contributed by atoms with Crippen LogP contribution in [0.4, 0.5) is 0 Å². The molecule has 5 rings (SSSR count). The van der Waals surface area contributed by atoms with E-state index >= 15 is 0 Å². The Balaban J connectivity index is 1.32. The van der Waals surface area contributed by atoms with E-state index in [2.05, 4.69) is 57.2 Å².